The van der Waals surface area contributed by atoms with Crippen LogP contribution in [0.1, 0.15) is 77.5 Å². The maximum Gasteiger partial charge on any atom is 0.243 e. The Balaban J connectivity index is 1.83. The molecule has 1 aromatic carbocycles. The molecule has 1 N–H and O–H groups in total. The van der Waals surface area contributed by atoms with Crippen LogP contribution in [0.3, 0.4) is 0 Å². The maximum atomic E-state index is 11.5. The van der Waals surface area contributed by atoms with E-state index in [2.05, 4.69) is 41.1 Å². The van der Waals surface area contributed by atoms with Gasteiger partial charge in [0, 0.05) is 19.5 Å². The number of carbonyl (C=O) groups is 1. The number of benzene rings is 1. The number of hydrogen-bond donors (Lipinski definition) is 1. The van der Waals surface area contributed by atoms with Crippen LogP contribution in [0.4, 0.5) is 0 Å². The average Bonchev–Trinajstić information content (AvgIpc) is 3.05. The van der Waals surface area contributed by atoms with E-state index in [0.29, 0.717) is 6.54 Å². The fourth-order valence-corrected chi connectivity index (χ4v) is 3.64. The standard InChI is InChI=1S/C24H37N3O/c1-3-5-6-7-8-9-10-13-20-27-22-17-12-11-16-21(22)26-23(27)18-14-19-25-24(28)15-4-2/h4,11-12,15-17H,3,5-10,13-14,18-20H2,1-2H3,(H,25,28)/b15-4-. The SMILES string of the molecule is C/C=C\C(=O)NCCCc1nc2ccccc2n1CCCCCCCCCC. The van der Waals surface area contributed by atoms with Gasteiger partial charge in [-0.25, -0.2) is 4.98 Å². The molecule has 2 rings (SSSR count). The Labute approximate surface area is 170 Å². The van der Waals surface area contributed by atoms with Gasteiger partial charge in [-0.2, -0.15) is 0 Å². The zero-order chi connectivity index (χ0) is 20.0. The van der Waals surface area contributed by atoms with Crippen LogP contribution in [-0.4, -0.2) is 22.0 Å². The van der Waals surface area contributed by atoms with Gasteiger partial charge >= 0.3 is 0 Å². The van der Waals surface area contributed by atoms with E-state index in [9.17, 15) is 4.79 Å². The molecular weight excluding hydrogens is 346 g/mol. The summed E-state index contributed by atoms with van der Waals surface area (Å²) in [5.74, 6) is 1.12. The second-order valence-corrected chi connectivity index (χ2v) is 7.54. The molecule has 2 aromatic rings. The Morgan fingerprint density at radius 2 is 1.75 bits per heavy atom. The van der Waals surface area contributed by atoms with Crippen molar-refractivity contribution in [1.29, 1.82) is 0 Å². The first-order valence-electron chi connectivity index (χ1n) is 11.1. The number of aromatic nitrogens is 2. The molecule has 1 aromatic heterocycles. The molecule has 0 atom stereocenters. The average molecular weight is 384 g/mol. The van der Waals surface area contributed by atoms with Gasteiger partial charge in [0.2, 0.25) is 5.91 Å². The summed E-state index contributed by atoms with van der Waals surface area (Å²) in [7, 11) is 0. The molecule has 0 fully saturated rings. The van der Waals surface area contributed by atoms with Crippen LogP contribution in [0.2, 0.25) is 0 Å². The molecule has 4 nitrogen and oxygen atoms in total. The van der Waals surface area contributed by atoms with Gasteiger partial charge in [-0.05, 0) is 38.0 Å². The summed E-state index contributed by atoms with van der Waals surface area (Å²) in [5.41, 5.74) is 2.31. The van der Waals surface area contributed by atoms with Crippen LogP contribution >= 0.6 is 0 Å². The zero-order valence-corrected chi connectivity index (χ0v) is 17.8. The molecule has 0 bridgehead atoms. The molecule has 4 heteroatoms. The lowest BCUT2D eigenvalue weighted by molar-refractivity contribution is -0.116. The predicted octanol–water partition coefficient (Wildman–Crippen LogP) is 5.80. The van der Waals surface area contributed by atoms with E-state index in [1.165, 1.54) is 56.9 Å². The summed E-state index contributed by atoms with van der Waals surface area (Å²) >= 11 is 0. The van der Waals surface area contributed by atoms with Gasteiger partial charge in [0.05, 0.1) is 11.0 Å². The van der Waals surface area contributed by atoms with Gasteiger partial charge in [-0.3, -0.25) is 4.79 Å². The monoisotopic (exact) mass is 383 g/mol. The van der Waals surface area contributed by atoms with Crippen molar-refractivity contribution >= 4 is 16.9 Å². The first-order valence-corrected chi connectivity index (χ1v) is 11.1. The van der Waals surface area contributed by atoms with Crippen molar-refractivity contribution in [1.82, 2.24) is 14.9 Å². The molecule has 0 aliphatic carbocycles. The number of hydrogen-bond acceptors (Lipinski definition) is 2. The van der Waals surface area contributed by atoms with Crippen LogP contribution in [0.25, 0.3) is 11.0 Å². The summed E-state index contributed by atoms with van der Waals surface area (Å²) in [6.45, 7) is 5.84. The summed E-state index contributed by atoms with van der Waals surface area (Å²) in [5, 5.41) is 2.93. The number of unbranched alkanes of at least 4 members (excludes halogenated alkanes) is 7. The minimum atomic E-state index is -0.0186. The number of nitrogens with one attached hydrogen (secondary N) is 1. The van der Waals surface area contributed by atoms with E-state index < -0.39 is 0 Å². The molecule has 0 radical (unpaired) electrons. The van der Waals surface area contributed by atoms with Gasteiger partial charge < -0.3 is 9.88 Å². The number of imidazole rings is 1. The zero-order valence-electron chi connectivity index (χ0n) is 17.8. The smallest absolute Gasteiger partial charge is 0.243 e. The maximum absolute atomic E-state index is 11.5. The largest absolute Gasteiger partial charge is 0.353 e. The number of rotatable bonds is 14. The molecule has 0 aliphatic heterocycles. The van der Waals surface area contributed by atoms with Crippen LogP contribution < -0.4 is 5.32 Å². The van der Waals surface area contributed by atoms with E-state index in [-0.39, 0.29) is 5.91 Å². The highest BCUT2D eigenvalue weighted by atomic mass is 16.1. The number of nitrogens with zero attached hydrogens (tertiary/aromatic N) is 2. The van der Waals surface area contributed by atoms with Crippen molar-refractivity contribution in [2.24, 2.45) is 0 Å². The fourth-order valence-electron chi connectivity index (χ4n) is 3.64. The van der Waals surface area contributed by atoms with Crippen LogP contribution in [-0.2, 0) is 17.8 Å². The van der Waals surface area contributed by atoms with E-state index in [1.54, 1.807) is 12.2 Å². The van der Waals surface area contributed by atoms with E-state index in [1.807, 2.05) is 6.92 Å². The summed E-state index contributed by atoms with van der Waals surface area (Å²) < 4.78 is 2.39. The third-order valence-corrected chi connectivity index (χ3v) is 5.16. The molecule has 0 saturated heterocycles. The lowest BCUT2D eigenvalue weighted by Crippen LogP contribution is -2.22. The van der Waals surface area contributed by atoms with Gasteiger partial charge in [-0.1, -0.05) is 70.1 Å². The van der Waals surface area contributed by atoms with E-state index >= 15 is 0 Å². The molecule has 0 saturated carbocycles. The van der Waals surface area contributed by atoms with Crippen LogP contribution in [0.5, 0.6) is 0 Å². The third-order valence-electron chi connectivity index (χ3n) is 5.16. The van der Waals surface area contributed by atoms with Crippen LogP contribution in [0, 0.1) is 0 Å². The first kappa shape index (κ1) is 22.2. The molecule has 1 amide bonds. The van der Waals surface area contributed by atoms with Gasteiger partial charge in [-0.15, -0.1) is 0 Å². The fraction of sp³-hybridized carbons (Fsp3) is 0.583. The highest BCUT2D eigenvalue weighted by molar-refractivity contribution is 5.87. The third kappa shape index (κ3) is 7.49. The summed E-state index contributed by atoms with van der Waals surface area (Å²) in [4.78, 5) is 16.4. The predicted molar refractivity (Wildman–Crippen MR) is 118 cm³/mol. The molecule has 154 valence electrons. The molecule has 28 heavy (non-hydrogen) atoms. The van der Waals surface area contributed by atoms with Crippen molar-refractivity contribution in [2.75, 3.05) is 6.54 Å². The van der Waals surface area contributed by atoms with Gasteiger partial charge in [0.1, 0.15) is 5.82 Å². The Morgan fingerprint density at radius 3 is 2.50 bits per heavy atom. The lowest BCUT2D eigenvalue weighted by Gasteiger charge is -2.10. The van der Waals surface area contributed by atoms with Crippen molar-refractivity contribution in [3.05, 3.63) is 42.2 Å². The molecule has 0 aliphatic rings. The molecular formula is C24H37N3O. The Kier molecular flexibility index (Phi) is 10.4. The van der Waals surface area contributed by atoms with E-state index in [4.69, 9.17) is 4.98 Å². The van der Waals surface area contributed by atoms with Crippen molar-refractivity contribution < 1.29 is 4.79 Å². The minimum Gasteiger partial charge on any atom is -0.353 e. The second-order valence-electron chi connectivity index (χ2n) is 7.54. The molecule has 1 heterocycles. The number of amides is 1. The summed E-state index contributed by atoms with van der Waals surface area (Å²) in [6, 6.07) is 8.41. The summed E-state index contributed by atoms with van der Waals surface area (Å²) in [6.07, 6.45) is 15.8. The first-order chi connectivity index (χ1) is 13.8. The number of allylic oxidation sites excluding steroid dienone is 1. The topological polar surface area (TPSA) is 46.9 Å². The van der Waals surface area contributed by atoms with Crippen molar-refractivity contribution in [3.8, 4) is 0 Å². The van der Waals surface area contributed by atoms with Gasteiger partial charge in [0.25, 0.3) is 0 Å². The lowest BCUT2D eigenvalue weighted by atomic mass is 10.1. The Bertz CT molecular complexity index is 733. The quantitative estimate of drug-likeness (QED) is 0.331. The Hall–Kier alpha value is -2.10. The normalized spacial score (nSPS) is 11.5. The van der Waals surface area contributed by atoms with Crippen molar-refractivity contribution in [2.45, 2.75) is 84.6 Å². The van der Waals surface area contributed by atoms with Gasteiger partial charge in [0.15, 0.2) is 0 Å². The molecule has 0 unspecified atom stereocenters. The second kappa shape index (κ2) is 13.1. The highest BCUT2D eigenvalue weighted by Crippen LogP contribution is 2.19. The van der Waals surface area contributed by atoms with Crippen LogP contribution in [0.15, 0.2) is 36.4 Å². The van der Waals surface area contributed by atoms with E-state index in [0.717, 1.165) is 30.7 Å². The number of carbonyl (C=O) groups excluding carboxylic acids is 1. The molecule has 0 spiro atoms. The minimum absolute atomic E-state index is 0.0186. The Morgan fingerprint density at radius 1 is 1.04 bits per heavy atom. The number of fused-ring (bicyclic) bond motifs is 1. The highest BCUT2D eigenvalue weighted by Gasteiger charge is 2.10. The number of aryl methyl sites for hydroxylation is 2. The van der Waals surface area contributed by atoms with Crippen molar-refractivity contribution in [3.63, 3.8) is 0 Å². The number of para-hydroxylation sites is 2.